The van der Waals surface area contributed by atoms with Gasteiger partial charge in [0.25, 0.3) is 0 Å². The number of allylic oxidation sites excluding steroid dienone is 1. The predicted octanol–water partition coefficient (Wildman–Crippen LogP) is 8.23. The summed E-state index contributed by atoms with van der Waals surface area (Å²) >= 11 is 0. The number of rotatable bonds is 11. The third kappa shape index (κ3) is 3.68. The Bertz CT molecular complexity index is 474. The summed E-state index contributed by atoms with van der Waals surface area (Å²) in [4.78, 5) is 0. The zero-order valence-electron chi connectivity index (χ0n) is 19.4. The summed E-state index contributed by atoms with van der Waals surface area (Å²) in [5.74, 6) is 6.78. The molecule has 2 aliphatic carbocycles. The molecule has 0 nitrogen and oxygen atoms in total. The Balaban J connectivity index is 2.31. The quantitative estimate of drug-likeness (QED) is 0.325. The van der Waals surface area contributed by atoms with Gasteiger partial charge >= 0.3 is 0 Å². The summed E-state index contributed by atoms with van der Waals surface area (Å²) in [5, 5.41) is 0. The van der Waals surface area contributed by atoms with Crippen LogP contribution in [-0.2, 0) is 0 Å². The van der Waals surface area contributed by atoms with Crippen LogP contribution in [0.1, 0.15) is 94.4 Å². The van der Waals surface area contributed by atoms with Crippen molar-refractivity contribution in [3.8, 4) is 0 Å². The van der Waals surface area contributed by atoms with E-state index in [2.05, 4.69) is 75.0 Å². The SMILES string of the molecule is C=CC1C(C)C1C(C)(CCCC(C)C)C1C(C)C1(CC(C)C)C(C)CC. The van der Waals surface area contributed by atoms with Gasteiger partial charge in [0.05, 0.1) is 0 Å². The van der Waals surface area contributed by atoms with Crippen molar-refractivity contribution in [3.05, 3.63) is 12.7 Å². The van der Waals surface area contributed by atoms with Crippen molar-refractivity contribution in [2.45, 2.75) is 94.4 Å². The van der Waals surface area contributed by atoms with Gasteiger partial charge in [0.1, 0.15) is 0 Å². The third-order valence-electron chi connectivity index (χ3n) is 8.80. The Morgan fingerprint density at radius 1 is 1.08 bits per heavy atom. The highest BCUT2D eigenvalue weighted by molar-refractivity contribution is 5.22. The fraction of sp³-hybridized carbons (Fsp3) is 0.923. The molecule has 2 rings (SSSR count). The molecule has 0 spiro atoms. The average molecular weight is 361 g/mol. The standard InChI is InChI=1S/C26H48/c1-11-19(7)26(16-18(5)6)21(9)24(26)25(10,15-13-14-17(3)4)23-20(8)22(23)12-2/h12,17-24H,2,11,13-16H2,1,3-10H3. The molecular weight excluding hydrogens is 312 g/mol. The van der Waals surface area contributed by atoms with E-state index in [1.165, 1.54) is 32.1 Å². The second-order valence-corrected chi connectivity index (χ2v) is 11.3. The lowest BCUT2D eigenvalue weighted by molar-refractivity contribution is 0.115. The van der Waals surface area contributed by atoms with Gasteiger partial charge in [0, 0.05) is 0 Å². The molecule has 2 saturated carbocycles. The van der Waals surface area contributed by atoms with Crippen LogP contribution in [0.3, 0.4) is 0 Å². The molecule has 0 aromatic carbocycles. The molecule has 0 aromatic heterocycles. The summed E-state index contributed by atoms with van der Waals surface area (Å²) in [7, 11) is 0. The summed E-state index contributed by atoms with van der Waals surface area (Å²) in [6.45, 7) is 26.5. The maximum Gasteiger partial charge on any atom is -0.0171 e. The number of hydrogen-bond donors (Lipinski definition) is 0. The zero-order chi connectivity index (χ0) is 19.9. The third-order valence-corrected chi connectivity index (χ3v) is 8.80. The largest absolute Gasteiger partial charge is 0.103 e. The lowest BCUT2D eigenvalue weighted by Crippen LogP contribution is -2.30. The Kier molecular flexibility index (Phi) is 6.78. The first-order valence-electron chi connectivity index (χ1n) is 11.7. The van der Waals surface area contributed by atoms with Crippen LogP contribution >= 0.6 is 0 Å². The first-order chi connectivity index (χ1) is 12.1. The highest BCUT2D eigenvalue weighted by Crippen LogP contribution is 2.78. The van der Waals surface area contributed by atoms with Crippen LogP contribution in [0.5, 0.6) is 0 Å². The van der Waals surface area contributed by atoms with Crippen molar-refractivity contribution in [2.24, 2.45) is 58.2 Å². The second kappa shape index (κ2) is 8.00. The van der Waals surface area contributed by atoms with Crippen LogP contribution in [0, 0.1) is 58.2 Å². The van der Waals surface area contributed by atoms with E-state index in [1.807, 2.05) is 0 Å². The number of hydrogen-bond acceptors (Lipinski definition) is 0. The van der Waals surface area contributed by atoms with Crippen molar-refractivity contribution in [1.29, 1.82) is 0 Å². The van der Waals surface area contributed by atoms with Gasteiger partial charge in [-0.2, -0.15) is 0 Å². The van der Waals surface area contributed by atoms with Crippen LogP contribution in [0.15, 0.2) is 12.7 Å². The fourth-order valence-electron chi connectivity index (χ4n) is 7.51. The molecule has 0 aliphatic heterocycles. The summed E-state index contributed by atoms with van der Waals surface area (Å²) in [5.41, 5.74) is 1.09. The van der Waals surface area contributed by atoms with E-state index >= 15 is 0 Å². The maximum absolute atomic E-state index is 4.18. The second-order valence-electron chi connectivity index (χ2n) is 11.3. The molecule has 0 amide bonds. The van der Waals surface area contributed by atoms with Crippen LogP contribution in [-0.4, -0.2) is 0 Å². The normalized spacial score (nSPS) is 39.7. The molecule has 0 aromatic rings. The van der Waals surface area contributed by atoms with Crippen molar-refractivity contribution >= 4 is 0 Å². The van der Waals surface area contributed by atoms with Gasteiger partial charge in [0.15, 0.2) is 0 Å². The lowest BCUT2D eigenvalue weighted by atomic mass is 9.67. The highest BCUT2D eigenvalue weighted by atomic mass is 14.8. The van der Waals surface area contributed by atoms with Crippen molar-refractivity contribution in [1.82, 2.24) is 0 Å². The van der Waals surface area contributed by atoms with Crippen LogP contribution in [0.4, 0.5) is 0 Å². The van der Waals surface area contributed by atoms with E-state index in [4.69, 9.17) is 0 Å². The topological polar surface area (TPSA) is 0 Å². The van der Waals surface area contributed by atoms with Crippen LogP contribution in [0.25, 0.3) is 0 Å². The predicted molar refractivity (Wildman–Crippen MR) is 117 cm³/mol. The molecule has 26 heavy (non-hydrogen) atoms. The Morgan fingerprint density at radius 2 is 1.69 bits per heavy atom. The summed E-state index contributed by atoms with van der Waals surface area (Å²) < 4.78 is 0. The molecular formula is C26H48. The van der Waals surface area contributed by atoms with E-state index in [9.17, 15) is 0 Å². The average Bonchev–Trinajstić information content (AvgIpc) is 3.39. The van der Waals surface area contributed by atoms with E-state index in [0.717, 1.165) is 47.3 Å². The molecule has 152 valence electrons. The molecule has 8 atom stereocenters. The lowest BCUT2D eigenvalue weighted by Gasteiger charge is -2.37. The monoisotopic (exact) mass is 360 g/mol. The maximum atomic E-state index is 4.18. The minimum Gasteiger partial charge on any atom is -0.103 e. The molecule has 0 N–H and O–H groups in total. The van der Waals surface area contributed by atoms with Gasteiger partial charge in [-0.1, -0.05) is 87.7 Å². The molecule has 0 heteroatoms. The van der Waals surface area contributed by atoms with E-state index < -0.39 is 0 Å². The van der Waals surface area contributed by atoms with Gasteiger partial charge in [0.2, 0.25) is 0 Å². The first-order valence-corrected chi connectivity index (χ1v) is 11.7. The van der Waals surface area contributed by atoms with Gasteiger partial charge in [-0.15, -0.1) is 6.58 Å². The molecule has 2 fully saturated rings. The van der Waals surface area contributed by atoms with Gasteiger partial charge in [-0.3, -0.25) is 0 Å². The van der Waals surface area contributed by atoms with Crippen molar-refractivity contribution in [2.75, 3.05) is 0 Å². The summed E-state index contributed by atoms with van der Waals surface area (Å²) in [6.07, 6.45) is 9.25. The van der Waals surface area contributed by atoms with Gasteiger partial charge in [-0.05, 0) is 71.0 Å². The minimum atomic E-state index is 0.505. The van der Waals surface area contributed by atoms with E-state index in [0.29, 0.717) is 10.8 Å². The van der Waals surface area contributed by atoms with Crippen molar-refractivity contribution in [3.63, 3.8) is 0 Å². The smallest absolute Gasteiger partial charge is 0.0171 e. The zero-order valence-corrected chi connectivity index (χ0v) is 19.4. The molecule has 8 unspecified atom stereocenters. The van der Waals surface area contributed by atoms with Gasteiger partial charge in [-0.25, -0.2) is 0 Å². The first kappa shape index (κ1) is 22.0. The Labute approximate surface area is 165 Å². The molecule has 0 radical (unpaired) electrons. The highest BCUT2D eigenvalue weighted by Gasteiger charge is 2.73. The molecule has 0 bridgehead atoms. The Hall–Kier alpha value is -0.260. The van der Waals surface area contributed by atoms with Crippen LogP contribution in [0.2, 0.25) is 0 Å². The molecule has 0 heterocycles. The Morgan fingerprint density at radius 3 is 2.12 bits per heavy atom. The van der Waals surface area contributed by atoms with E-state index in [-0.39, 0.29) is 0 Å². The summed E-state index contributed by atoms with van der Waals surface area (Å²) in [6, 6.07) is 0. The van der Waals surface area contributed by atoms with E-state index in [1.54, 1.807) is 0 Å². The van der Waals surface area contributed by atoms with Crippen LogP contribution < -0.4 is 0 Å². The fourth-order valence-corrected chi connectivity index (χ4v) is 7.51. The van der Waals surface area contributed by atoms with Gasteiger partial charge < -0.3 is 0 Å². The minimum absolute atomic E-state index is 0.505. The molecule has 0 saturated heterocycles. The van der Waals surface area contributed by atoms with Crippen molar-refractivity contribution < 1.29 is 0 Å². The molecule has 2 aliphatic rings.